The number of carbonyl (C=O) groups is 2. The summed E-state index contributed by atoms with van der Waals surface area (Å²) in [4.78, 5) is 25.2. The van der Waals surface area contributed by atoms with Gasteiger partial charge in [-0.3, -0.25) is 9.59 Å². The van der Waals surface area contributed by atoms with Crippen LogP contribution in [-0.2, 0) is 14.8 Å². The molecule has 0 radical (unpaired) electrons. The second kappa shape index (κ2) is 7.03. The molecule has 24 heavy (non-hydrogen) atoms. The number of carbonyl (C=O) groups excluding carboxylic acids is 1. The van der Waals surface area contributed by atoms with Crippen LogP contribution in [-0.4, -0.2) is 49.4 Å². The summed E-state index contributed by atoms with van der Waals surface area (Å²) in [7, 11) is -3.80. The maximum absolute atomic E-state index is 12.6. The number of carboxylic acid groups (broad SMARTS) is 1. The highest BCUT2D eigenvalue weighted by atomic mass is 32.2. The van der Waals surface area contributed by atoms with Crippen molar-refractivity contribution in [3.63, 3.8) is 0 Å². The zero-order valence-electron chi connectivity index (χ0n) is 13.1. The zero-order chi connectivity index (χ0) is 17.9. The molecule has 2 atom stereocenters. The van der Waals surface area contributed by atoms with Crippen LogP contribution < -0.4 is 4.72 Å². The molecule has 2 rings (SSSR count). The van der Waals surface area contributed by atoms with Crippen molar-refractivity contribution in [2.75, 3.05) is 13.1 Å². The minimum absolute atomic E-state index is 0.0646. The van der Waals surface area contributed by atoms with E-state index in [0.29, 0.717) is 13.0 Å². The molecule has 128 valence electrons. The van der Waals surface area contributed by atoms with Gasteiger partial charge >= 0.3 is 5.97 Å². The van der Waals surface area contributed by atoms with E-state index < -0.39 is 28.0 Å². The minimum atomic E-state index is -3.80. The summed E-state index contributed by atoms with van der Waals surface area (Å²) in [6.07, 6.45) is 5.42. The fraction of sp³-hybridized carbons (Fsp3) is 0.375. The number of aliphatic carboxylic acids is 1. The lowest BCUT2D eigenvalue weighted by Gasteiger charge is -2.23. The van der Waals surface area contributed by atoms with Crippen molar-refractivity contribution in [2.24, 2.45) is 5.92 Å². The molecule has 1 amide bonds. The topological polar surface area (TPSA) is 104 Å². The summed E-state index contributed by atoms with van der Waals surface area (Å²) < 4.78 is 26.4. The van der Waals surface area contributed by atoms with Crippen LogP contribution in [0.2, 0.25) is 0 Å². The van der Waals surface area contributed by atoms with E-state index in [1.165, 1.54) is 29.2 Å². The molecule has 1 aromatic carbocycles. The fourth-order valence-corrected chi connectivity index (χ4v) is 3.72. The maximum Gasteiger partial charge on any atom is 0.308 e. The van der Waals surface area contributed by atoms with Gasteiger partial charge in [0.15, 0.2) is 0 Å². The van der Waals surface area contributed by atoms with Gasteiger partial charge in [0.1, 0.15) is 0 Å². The lowest BCUT2D eigenvalue weighted by atomic mass is 10.0. The number of rotatable bonds is 5. The summed E-state index contributed by atoms with van der Waals surface area (Å²) >= 11 is 0. The molecule has 1 aliphatic heterocycles. The van der Waals surface area contributed by atoms with E-state index in [2.05, 4.69) is 10.6 Å². The van der Waals surface area contributed by atoms with Gasteiger partial charge in [0, 0.05) is 18.2 Å². The molecular weight excluding hydrogens is 332 g/mol. The predicted octanol–water partition coefficient (Wildman–Crippen LogP) is 0.533. The lowest BCUT2D eigenvalue weighted by Crippen LogP contribution is -2.37. The Morgan fingerprint density at radius 3 is 2.75 bits per heavy atom. The molecule has 1 heterocycles. The summed E-state index contributed by atoms with van der Waals surface area (Å²) in [5.41, 5.74) is 0.191. The largest absolute Gasteiger partial charge is 0.481 e. The van der Waals surface area contributed by atoms with Crippen molar-refractivity contribution in [3.05, 3.63) is 29.8 Å². The van der Waals surface area contributed by atoms with Gasteiger partial charge in [-0.25, -0.2) is 8.42 Å². The second-order valence-electron chi connectivity index (χ2n) is 5.53. The number of sulfonamides is 1. The van der Waals surface area contributed by atoms with Crippen molar-refractivity contribution in [3.8, 4) is 12.3 Å². The molecule has 1 aliphatic rings. The molecule has 8 heteroatoms. The number of likely N-dealkylation sites (tertiary alicyclic amines) is 1. The minimum Gasteiger partial charge on any atom is -0.481 e. The van der Waals surface area contributed by atoms with E-state index >= 15 is 0 Å². The smallest absolute Gasteiger partial charge is 0.308 e. The zero-order valence-corrected chi connectivity index (χ0v) is 13.9. The molecule has 1 saturated heterocycles. The molecule has 0 saturated carbocycles. The third-order valence-corrected chi connectivity index (χ3v) is 5.49. The number of benzene rings is 1. The SMILES string of the molecule is C#CCNS(=O)(=O)c1cccc(C(=O)N2CCC(C(=O)O)C2C)c1. The number of nitrogens with zero attached hydrogens (tertiary/aromatic N) is 1. The van der Waals surface area contributed by atoms with Gasteiger partial charge in [-0.05, 0) is 31.5 Å². The first kappa shape index (κ1) is 18.0. The normalized spacial score (nSPS) is 20.6. The van der Waals surface area contributed by atoms with Gasteiger partial charge < -0.3 is 10.0 Å². The quantitative estimate of drug-likeness (QED) is 0.754. The molecule has 0 aliphatic carbocycles. The van der Waals surface area contributed by atoms with Gasteiger partial charge in [0.05, 0.1) is 17.4 Å². The highest BCUT2D eigenvalue weighted by Crippen LogP contribution is 2.26. The Labute approximate surface area is 140 Å². The second-order valence-corrected chi connectivity index (χ2v) is 7.30. The van der Waals surface area contributed by atoms with Crippen LogP contribution in [0.4, 0.5) is 0 Å². The van der Waals surface area contributed by atoms with Crippen LogP contribution in [0.25, 0.3) is 0 Å². The Kier molecular flexibility index (Phi) is 5.26. The molecular formula is C16H18N2O5S. The Bertz CT molecular complexity index is 797. The van der Waals surface area contributed by atoms with Gasteiger partial charge in [-0.2, -0.15) is 4.72 Å². The van der Waals surface area contributed by atoms with Crippen LogP contribution in [0.5, 0.6) is 0 Å². The molecule has 0 bridgehead atoms. The Balaban J connectivity index is 2.25. The molecule has 1 fully saturated rings. The Morgan fingerprint density at radius 1 is 1.46 bits per heavy atom. The number of carboxylic acids is 1. The first-order valence-electron chi connectivity index (χ1n) is 7.35. The highest BCUT2D eigenvalue weighted by Gasteiger charge is 2.38. The van der Waals surface area contributed by atoms with E-state index in [4.69, 9.17) is 11.5 Å². The van der Waals surface area contributed by atoms with Gasteiger partial charge in [0.2, 0.25) is 10.0 Å². The van der Waals surface area contributed by atoms with Crippen molar-refractivity contribution in [1.29, 1.82) is 0 Å². The Morgan fingerprint density at radius 2 is 2.17 bits per heavy atom. The van der Waals surface area contributed by atoms with E-state index in [-0.39, 0.29) is 22.9 Å². The number of terminal acetylenes is 1. The average molecular weight is 350 g/mol. The monoisotopic (exact) mass is 350 g/mol. The summed E-state index contributed by atoms with van der Waals surface area (Å²) in [5.74, 6) is 0.237. The van der Waals surface area contributed by atoms with Crippen LogP contribution in [0.3, 0.4) is 0 Å². The molecule has 0 aromatic heterocycles. The third kappa shape index (κ3) is 3.58. The van der Waals surface area contributed by atoms with Crippen LogP contribution in [0.15, 0.2) is 29.2 Å². The lowest BCUT2D eigenvalue weighted by molar-refractivity contribution is -0.142. The van der Waals surface area contributed by atoms with Crippen molar-refractivity contribution < 1.29 is 23.1 Å². The van der Waals surface area contributed by atoms with Gasteiger partial charge in [0.25, 0.3) is 5.91 Å². The van der Waals surface area contributed by atoms with Crippen LogP contribution in [0.1, 0.15) is 23.7 Å². The highest BCUT2D eigenvalue weighted by molar-refractivity contribution is 7.89. The standard InChI is InChI=1S/C16H18N2O5S/c1-3-8-17-24(22,23)13-6-4-5-12(10-13)15(19)18-9-7-14(11(18)2)16(20)21/h1,4-6,10-11,14,17H,7-9H2,2H3,(H,20,21). The third-order valence-electron chi connectivity index (χ3n) is 4.09. The van der Waals surface area contributed by atoms with Crippen LogP contribution in [0, 0.1) is 18.3 Å². The summed E-state index contributed by atoms with van der Waals surface area (Å²) in [6, 6.07) is 5.15. The van der Waals surface area contributed by atoms with Gasteiger partial charge in [-0.1, -0.05) is 12.0 Å². The van der Waals surface area contributed by atoms with E-state index in [9.17, 15) is 18.0 Å². The fourth-order valence-electron chi connectivity index (χ4n) is 2.74. The first-order valence-corrected chi connectivity index (χ1v) is 8.83. The van der Waals surface area contributed by atoms with Crippen molar-refractivity contribution in [1.82, 2.24) is 9.62 Å². The molecule has 2 N–H and O–H groups in total. The molecule has 2 unspecified atom stereocenters. The number of hydrogen-bond acceptors (Lipinski definition) is 4. The molecule has 7 nitrogen and oxygen atoms in total. The molecule has 0 spiro atoms. The van der Waals surface area contributed by atoms with E-state index in [1.807, 2.05) is 0 Å². The summed E-state index contributed by atoms with van der Waals surface area (Å²) in [5, 5.41) is 9.15. The van der Waals surface area contributed by atoms with Gasteiger partial charge in [-0.15, -0.1) is 6.42 Å². The molecule has 1 aromatic rings. The summed E-state index contributed by atoms with van der Waals surface area (Å²) in [6.45, 7) is 1.85. The average Bonchev–Trinajstić information content (AvgIpc) is 2.94. The predicted molar refractivity (Wildman–Crippen MR) is 86.7 cm³/mol. The van der Waals surface area contributed by atoms with Crippen LogP contribution >= 0.6 is 0 Å². The van der Waals surface area contributed by atoms with E-state index in [0.717, 1.165) is 0 Å². The van der Waals surface area contributed by atoms with Crippen molar-refractivity contribution >= 4 is 21.9 Å². The first-order chi connectivity index (χ1) is 11.3. The number of amides is 1. The number of hydrogen-bond donors (Lipinski definition) is 2. The van der Waals surface area contributed by atoms with Crippen molar-refractivity contribution in [2.45, 2.75) is 24.3 Å². The number of nitrogens with one attached hydrogen (secondary N) is 1. The van der Waals surface area contributed by atoms with E-state index in [1.54, 1.807) is 6.92 Å². The maximum atomic E-state index is 12.6. The Hall–Kier alpha value is -2.37.